The summed E-state index contributed by atoms with van der Waals surface area (Å²) in [6, 6.07) is 13.1. The summed E-state index contributed by atoms with van der Waals surface area (Å²) in [5, 5.41) is 0. The molecule has 0 aliphatic carbocycles. The van der Waals surface area contributed by atoms with Crippen LogP contribution in [0.1, 0.15) is 0 Å². The zero-order valence-corrected chi connectivity index (χ0v) is 13.4. The van der Waals surface area contributed by atoms with Crippen molar-refractivity contribution in [2.24, 2.45) is 0 Å². The van der Waals surface area contributed by atoms with Gasteiger partial charge in [0.05, 0.1) is 4.90 Å². The molecule has 0 fully saturated rings. The topological polar surface area (TPSA) is 83.2 Å². The van der Waals surface area contributed by atoms with E-state index < -0.39 is 10.1 Å². The molecule has 0 bridgehead atoms. The molecule has 0 radical (unpaired) electrons. The van der Waals surface area contributed by atoms with Gasteiger partial charge in [-0.15, -0.1) is 0 Å². The van der Waals surface area contributed by atoms with Gasteiger partial charge < -0.3 is 8.97 Å². The molecule has 3 aromatic rings. The number of hydrogen-bond donors (Lipinski definition) is 0. The molecule has 0 aliphatic rings. The normalized spacial score (nSPS) is 11.2. The van der Waals surface area contributed by atoms with E-state index in [4.69, 9.17) is 4.42 Å². The average Bonchev–Trinajstić information content (AvgIpc) is 2.81. The summed E-state index contributed by atoms with van der Waals surface area (Å²) in [5.41, 5.74) is 1.56. The fraction of sp³-hybridized carbons (Fsp3) is 0. The van der Waals surface area contributed by atoms with Crippen molar-refractivity contribution in [3.63, 3.8) is 0 Å². The second-order valence-electron chi connectivity index (χ2n) is 3.97. The first-order valence-corrected chi connectivity index (χ1v) is 6.87. The van der Waals surface area contributed by atoms with E-state index in [9.17, 15) is 13.0 Å². The number of nitrogens with zero attached hydrogens (tertiary/aromatic N) is 1. The molecule has 0 saturated heterocycles. The maximum Gasteiger partial charge on any atom is 1.00 e. The van der Waals surface area contributed by atoms with E-state index in [1.165, 1.54) is 18.2 Å². The third-order valence-corrected chi connectivity index (χ3v) is 3.50. The molecule has 0 aliphatic heterocycles. The molecular formula is C13H8NNaO4S. The van der Waals surface area contributed by atoms with Crippen molar-refractivity contribution >= 4 is 21.2 Å². The Morgan fingerprint density at radius 3 is 2.40 bits per heavy atom. The molecule has 1 heterocycles. The smallest absolute Gasteiger partial charge is 0.744 e. The SMILES string of the molecule is O=S(=O)([O-])c1ccc2oc(-c3ccccc3)nc2c1.[Na+]. The third-order valence-electron chi connectivity index (χ3n) is 2.67. The maximum absolute atomic E-state index is 10.9. The Balaban J connectivity index is 0.00000147. The van der Waals surface area contributed by atoms with Crippen LogP contribution in [-0.2, 0) is 10.1 Å². The summed E-state index contributed by atoms with van der Waals surface area (Å²) in [5.74, 6) is 0.385. The molecule has 0 spiro atoms. The summed E-state index contributed by atoms with van der Waals surface area (Å²) in [6.45, 7) is 0. The Kier molecular flexibility index (Phi) is 4.31. The summed E-state index contributed by atoms with van der Waals surface area (Å²) in [7, 11) is -4.48. The van der Waals surface area contributed by atoms with Gasteiger partial charge in [0.1, 0.15) is 15.6 Å². The second kappa shape index (κ2) is 5.67. The Bertz CT molecular complexity index is 843. The average molecular weight is 297 g/mol. The van der Waals surface area contributed by atoms with Gasteiger partial charge in [-0.25, -0.2) is 13.4 Å². The molecule has 0 atom stereocenters. The molecule has 20 heavy (non-hydrogen) atoms. The summed E-state index contributed by atoms with van der Waals surface area (Å²) in [4.78, 5) is 3.88. The van der Waals surface area contributed by atoms with Crippen LogP contribution in [-0.4, -0.2) is 18.0 Å². The molecule has 1 aromatic heterocycles. The number of hydrogen-bond acceptors (Lipinski definition) is 5. The largest absolute Gasteiger partial charge is 1.00 e. The Labute approximate surface area is 137 Å². The maximum atomic E-state index is 10.9. The van der Waals surface area contributed by atoms with Crippen LogP contribution >= 0.6 is 0 Å². The van der Waals surface area contributed by atoms with Gasteiger partial charge in [-0.2, -0.15) is 0 Å². The van der Waals surface area contributed by atoms with Crippen LogP contribution < -0.4 is 29.6 Å². The van der Waals surface area contributed by atoms with E-state index in [2.05, 4.69) is 4.98 Å². The van der Waals surface area contributed by atoms with E-state index in [0.29, 0.717) is 17.0 Å². The van der Waals surface area contributed by atoms with Crippen LogP contribution in [0.25, 0.3) is 22.6 Å². The monoisotopic (exact) mass is 297 g/mol. The van der Waals surface area contributed by atoms with Crippen molar-refractivity contribution in [1.29, 1.82) is 0 Å². The molecule has 5 nitrogen and oxygen atoms in total. The van der Waals surface area contributed by atoms with E-state index >= 15 is 0 Å². The van der Waals surface area contributed by atoms with Gasteiger partial charge in [0, 0.05) is 5.56 Å². The Morgan fingerprint density at radius 2 is 1.75 bits per heavy atom. The summed E-state index contributed by atoms with van der Waals surface area (Å²) < 4.78 is 38.3. The first-order chi connectivity index (χ1) is 9.04. The standard InChI is InChI=1S/C13H9NO4S.Na/c15-19(16,17)10-6-7-12-11(8-10)14-13(18-12)9-4-2-1-3-5-9;/h1-8H,(H,15,16,17);/q;+1/p-1. The molecule has 96 valence electrons. The summed E-state index contributed by atoms with van der Waals surface area (Å²) in [6.07, 6.45) is 0. The Morgan fingerprint density at radius 1 is 1.05 bits per heavy atom. The van der Waals surface area contributed by atoms with Crippen molar-refractivity contribution in [3.8, 4) is 11.5 Å². The van der Waals surface area contributed by atoms with E-state index in [0.717, 1.165) is 5.56 Å². The van der Waals surface area contributed by atoms with Crippen LogP contribution in [0.2, 0.25) is 0 Å². The molecule has 2 aromatic carbocycles. The van der Waals surface area contributed by atoms with E-state index in [-0.39, 0.29) is 34.5 Å². The Hall–Kier alpha value is -1.18. The van der Waals surface area contributed by atoms with Crippen LogP contribution in [0.15, 0.2) is 57.8 Å². The zero-order valence-electron chi connectivity index (χ0n) is 10.6. The van der Waals surface area contributed by atoms with Gasteiger partial charge in [0.25, 0.3) is 0 Å². The van der Waals surface area contributed by atoms with Gasteiger partial charge >= 0.3 is 29.6 Å². The quantitative estimate of drug-likeness (QED) is 0.466. The van der Waals surface area contributed by atoms with Crippen molar-refractivity contribution in [2.45, 2.75) is 4.90 Å². The summed E-state index contributed by atoms with van der Waals surface area (Å²) >= 11 is 0. The van der Waals surface area contributed by atoms with E-state index in [1.807, 2.05) is 30.3 Å². The van der Waals surface area contributed by atoms with Crippen LogP contribution in [0.5, 0.6) is 0 Å². The minimum absolute atomic E-state index is 0. The predicted molar refractivity (Wildman–Crippen MR) is 67.4 cm³/mol. The molecule has 3 rings (SSSR count). The molecule has 0 saturated carbocycles. The van der Waals surface area contributed by atoms with Gasteiger partial charge in [-0.1, -0.05) is 18.2 Å². The van der Waals surface area contributed by atoms with Crippen molar-refractivity contribution < 1.29 is 46.9 Å². The molecule has 7 heteroatoms. The van der Waals surface area contributed by atoms with Gasteiger partial charge in [0.15, 0.2) is 5.58 Å². The van der Waals surface area contributed by atoms with Crippen molar-refractivity contribution in [2.75, 3.05) is 0 Å². The number of aromatic nitrogens is 1. The first-order valence-electron chi connectivity index (χ1n) is 5.46. The van der Waals surface area contributed by atoms with Crippen LogP contribution in [0, 0.1) is 0 Å². The molecular weight excluding hydrogens is 289 g/mol. The van der Waals surface area contributed by atoms with Crippen molar-refractivity contribution in [1.82, 2.24) is 4.98 Å². The number of benzene rings is 2. The molecule has 0 N–H and O–H groups in total. The molecule has 0 amide bonds. The van der Waals surface area contributed by atoms with Crippen molar-refractivity contribution in [3.05, 3.63) is 48.5 Å². The van der Waals surface area contributed by atoms with Gasteiger partial charge in [0.2, 0.25) is 5.89 Å². The minimum atomic E-state index is -4.48. The second-order valence-corrected chi connectivity index (χ2v) is 5.35. The fourth-order valence-electron chi connectivity index (χ4n) is 1.77. The van der Waals surface area contributed by atoms with Crippen LogP contribution in [0.4, 0.5) is 0 Å². The third kappa shape index (κ3) is 2.94. The number of rotatable bonds is 2. The predicted octanol–water partition coefficient (Wildman–Crippen LogP) is -0.597. The molecule has 0 unspecified atom stereocenters. The zero-order chi connectivity index (χ0) is 13.5. The fourth-order valence-corrected chi connectivity index (χ4v) is 2.26. The van der Waals surface area contributed by atoms with E-state index in [1.54, 1.807) is 0 Å². The number of fused-ring (bicyclic) bond motifs is 1. The first kappa shape index (κ1) is 15.2. The minimum Gasteiger partial charge on any atom is -0.744 e. The van der Waals surface area contributed by atoms with Gasteiger partial charge in [-0.05, 0) is 30.3 Å². The number of oxazole rings is 1. The van der Waals surface area contributed by atoms with Gasteiger partial charge in [-0.3, -0.25) is 0 Å². The van der Waals surface area contributed by atoms with Crippen LogP contribution in [0.3, 0.4) is 0 Å².